The summed E-state index contributed by atoms with van der Waals surface area (Å²) in [5.74, 6) is -0.218. The van der Waals surface area contributed by atoms with Gasteiger partial charge < -0.3 is 9.47 Å². The second kappa shape index (κ2) is 6.64. The minimum atomic E-state index is -0.261. The molecule has 4 heteroatoms. The topological polar surface area (TPSA) is 25.2 Å². The molecule has 3 aromatic carbocycles. The van der Waals surface area contributed by atoms with Gasteiger partial charge >= 0.3 is 0 Å². The zero-order valence-electron chi connectivity index (χ0n) is 15.3. The summed E-state index contributed by atoms with van der Waals surface area (Å²) in [6.45, 7) is 1.19. The fraction of sp³-hybridized carbons (Fsp3) is 0.125. The van der Waals surface area contributed by atoms with Gasteiger partial charge in [0.25, 0.3) is 0 Å². The first-order valence-electron chi connectivity index (χ1n) is 9.39. The number of fused-ring (bicyclic) bond motifs is 4. The molecule has 3 nitrogen and oxygen atoms in total. The molecule has 0 unspecified atom stereocenters. The van der Waals surface area contributed by atoms with Gasteiger partial charge in [0, 0.05) is 28.8 Å². The molecular formula is C24H19FN2O. The van der Waals surface area contributed by atoms with Crippen molar-refractivity contribution in [3.8, 4) is 0 Å². The summed E-state index contributed by atoms with van der Waals surface area (Å²) in [4.78, 5) is 15.1. The summed E-state index contributed by atoms with van der Waals surface area (Å²) in [5.41, 5.74) is 4.98. The summed E-state index contributed by atoms with van der Waals surface area (Å²) < 4.78 is 15.8. The quantitative estimate of drug-likeness (QED) is 0.492. The molecule has 0 radical (unpaired) electrons. The number of nitrogens with zero attached hydrogens (tertiary/aromatic N) is 2. The van der Waals surface area contributed by atoms with E-state index in [1.165, 1.54) is 12.1 Å². The van der Waals surface area contributed by atoms with Crippen molar-refractivity contribution in [2.75, 3.05) is 4.90 Å². The van der Waals surface area contributed by atoms with Crippen LogP contribution in [0, 0.1) is 5.82 Å². The molecule has 0 atom stereocenters. The molecule has 0 saturated carbocycles. The average molecular weight is 370 g/mol. The lowest BCUT2D eigenvalue weighted by molar-refractivity contribution is -0.118. The van der Waals surface area contributed by atoms with Crippen LogP contribution in [-0.4, -0.2) is 10.5 Å². The highest BCUT2D eigenvalue weighted by atomic mass is 19.1. The number of hydrogen-bond donors (Lipinski definition) is 0. The predicted octanol–water partition coefficient (Wildman–Crippen LogP) is 4.92. The van der Waals surface area contributed by atoms with Crippen LogP contribution in [-0.2, 0) is 24.3 Å². The van der Waals surface area contributed by atoms with Crippen molar-refractivity contribution in [2.45, 2.75) is 19.5 Å². The molecule has 0 saturated heterocycles. The van der Waals surface area contributed by atoms with E-state index in [9.17, 15) is 9.18 Å². The fourth-order valence-corrected chi connectivity index (χ4v) is 4.03. The van der Waals surface area contributed by atoms with Crippen molar-refractivity contribution in [2.24, 2.45) is 0 Å². The van der Waals surface area contributed by atoms with E-state index in [0.29, 0.717) is 13.1 Å². The van der Waals surface area contributed by atoms with Gasteiger partial charge in [-0.25, -0.2) is 4.39 Å². The van der Waals surface area contributed by atoms with Crippen molar-refractivity contribution >= 4 is 22.5 Å². The Balaban J connectivity index is 1.64. The lowest BCUT2D eigenvalue weighted by Gasteiger charge is -2.28. The molecule has 0 spiro atoms. The normalized spacial score (nSPS) is 13.8. The number of carbonyl (C=O) groups is 1. The van der Waals surface area contributed by atoms with Gasteiger partial charge in [-0.05, 0) is 41.5 Å². The van der Waals surface area contributed by atoms with E-state index in [4.69, 9.17) is 0 Å². The average Bonchev–Trinajstić information content (AvgIpc) is 3.02. The fourth-order valence-electron chi connectivity index (χ4n) is 4.03. The summed E-state index contributed by atoms with van der Waals surface area (Å²) in [5, 5.41) is 0.830. The van der Waals surface area contributed by atoms with E-state index in [0.717, 1.165) is 33.4 Å². The van der Waals surface area contributed by atoms with Gasteiger partial charge in [-0.1, -0.05) is 48.5 Å². The molecule has 0 fully saturated rings. The number of aromatic nitrogens is 1. The number of rotatable bonds is 2. The number of hydrogen-bond acceptors (Lipinski definition) is 1. The third kappa shape index (κ3) is 2.87. The second-order valence-corrected chi connectivity index (χ2v) is 7.20. The monoisotopic (exact) mass is 370 g/mol. The van der Waals surface area contributed by atoms with Gasteiger partial charge in [0.1, 0.15) is 5.82 Å². The molecule has 4 aromatic rings. The van der Waals surface area contributed by atoms with Crippen molar-refractivity contribution in [3.05, 3.63) is 102 Å². The molecule has 1 aromatic heterocycles. The Hall–Kier alpha value is -3.40. The van der Waals surface area contributed by atoms with Gasteiger partial charge in [-0.2, -0.15) is 0 Å². The van der Waals surface area contributed by atoms with Crippen molar-refractivity contribution in [1.29, 1.82) is 0 Å². The van der Waals surface area contributed by atoms with E-state index in [2.05, 4.69) is 10.6 Å². The largest absolute Gasteiger partial charge is 0.340 e. The highest BCUT2D eigenvalue weighted by Gasteiger charge is 2.24. The van der Waals surface area contributed by atoms with E-state index >= 15 is 0 Å². The molecule has 1 amide bonds. The van der Waals surface area contributed by atoms with Crippen LogP contribution in [0.25, 0.3) is 10.9 Å². The maximum atomic E-state index is 13.7. The van der Waals surface area contributed by atoms with Crippen molar-refractivity contribution in [3.63, 3.8) is 0 Å². The predicted molar refractivity (Wildman–Crippen MR) is 109 cm³/mol. The Bertz CT molecular complexity index is 1180. The Morgan fingerprint density at radius 2 is 1.68 bits per heavy atom. The SMILES string of the molecule is O=C1Cc2cc3cc(F)ccc3n2Cc2ccccc2N1Cc1ccccc1. The van der Waals surface area contributed by atoms with Crippen LogP contribution >= 0.6 is 0 Å². The van der Waals surface area contributed by atoms with Crippen LogP contribution in [0.3, 0.4) is 0 Å². The van der Waals surface area contributed by atoms with Gasteiger partial charge in [0.05, 0.1) is 13.0 Å². The van der Waals surface area contributed by atoms with Crippen LogP contribution < -0.4 is 4.90 Å². The van der Waals surface area contributed by atoms with Gasteiger partial charge in [0.2, 0.25) is 5.91 Å². The van der Waals surface area contributed by atoms with E-state index < -0.39 is 0 Å². The first-order valence-corrected chi connectivity index (χ1v) is 9.39. The van der Waals surface area contributed by atoms with Gasteiger partial charge in [0.15, 0.2) is 0 Å². The van der Waals surface area contributed by atoms with E-state index in [1.54, 1.807) is 6.07 Å². The van der Waals surface area contributed by atoms with E-state index in [1.807, 2.05) is 59.5 Å². The standard InChI is InChI=1S/C24H19FN2O/c25-20-10-11-23-19(12-20)13-21-14-24(28)27(15-17-6-2-1-3-7-17)22-9-5-4-8-18(22)16-26(21)23/h1-13H,14-16H2. The minimum absolute atomic E-state index is 0.0422. The molecule has 2 heterocycles. The van der Waals surface area contributed by atoms with E-state index in [-0.39, 0.29) is 18.1 Å². The molecule has 1 aliphatic rings. The second-order valence-electron chi connectivity index (χ2n) is 7.20. The molecule has 138 valence electrons. The first kappa shape index (κ1) is 16.8. The number of anilines is 1. The lowest BCUT2D eigenvalue weighted by atomic mass is 10.1. The number of benzene rings is 3. The van der Waals surface area contributed by atoms with Crippen LogP contribution in [0.15, 0.2) is 78.9 Å². The highest BCUT2D eigenvalue weighted by molar-refractivity contribution is 5.97. The van der Waals surface area contributed by atoms with Gasteiger partial charge in [-0.3, -0.25) is 4.79 Å². The van der Waals surface area contributed by atoms with Crippen LogP contribution in [0.1, 0.15) is 16.8 Å². The molecular weight excluding hydrogens is 351 g/mol. The number of halogens is 1. The molecule has 0 N–H and O–H groups in total. The number of carbonyl (C=O) groups excluding carboxylic acids is 1. The Morgan fingerprint density at radius 3 is 2.54 bits per heavy atom. The minimum Gasteiger partial charge on any atom is -0.340 e. The summed E-state index contributed by atoms with van der Waals surface area (Å²) in [6.07, 6.45) is 0.289. The zero-order chi connectivity index (χ0) is 19.1. The first-order chi connectivity index (χ1) is 13.7. The lowest BCUT2D eigenvalue weighted by Crippen LogP contribution is -2.34. The Labute approximate surface area is 162 Å². The maximum absolute atomic E-state index is 13.7. The molecule has 28 heavy (non-hydrogen) atoms. The Morgan fingerprint density at radius 1 is 0.893 bits per heavy atom. The molecule has 1 aliphatic heterocycles. The maximum Gasteiger partial charge on any atom is 0.233 e. The molecule has 0 bridgehead atoms. The van der Waals surface area contributed by atoms with Crippen LogP contribution in [0.2, 0.25) is 0 Å². The van der Waals surface area contributed by atoms with Crippen LogP contribution in [0.4, 0.5) is 10.1 Å². The highest BCUT2D eigenvalue weighted by Crippen LogP contribution is 2.30. The third-order valence-corrected chi connectivity index (χ3v) is 5.38. The van der Waals surface area contributed by atoms with Crippen LogP contribution in [0.5, 0.6) is 0 Å². The molecule has 5 rings (SSSR count). The summed E-state index contributed by atoms with van der Waals surface area (Å²) >= 11 is 0. The van der Waals surface area contributed by atoms with Crippen molar-refractivity contribution in [1.82, 2.24) is 4.57 Å². The number of para-hydroxylation sites is 1. The van der Waals surface area contributed by atoms with Crippen molar-refractivity contribution < 1.29 is 9.18 Å². The smallest absolute Gasteiger partial charge is 0.233 e. The number of amides is 1. The Kier molecular flexibility index (Phi) is 3.97. The van der Waals surface area contributed by atoms with Gasteiger partial charge in [-0.15, -0.1) is 0 Å². The summed E-state index contributed by atoms with van der Waals surface area (Å²) in [6, 6.07) is 24.8. The zero-order valence-corrected chi connectivity index (χ0v) is 15.3. The third-order valence-electron chi connectivity index (χ3n) is 5.38. The molecule has 0 aliphatic carbocycles. The summed E-state index contributed by atoms with van der Waals surface area (Å²) in [7, 11) is 0.